The van der Waals surface area contributed by atoms with Crippen molar-refractivity contribution >= 4 is 11.9 Å². The maximum Gasteiger partial charge on any atom is 0.335 e. The molecule has 0 aromatic heterocycles. The van der Waals surface area contributed by atoms with Crippen molar-refractivity contribution in [2.24, 2.45) is 17.8 Å². The van der Waals surface area contributed by atoms with Gasteiger partial charge in [0.15, 0.2) is 0 Å². The molecule has 2 aromatic carbocycles. The molecule has 270 valence electrons. The van der Waals surface area contributed by atoms with Gasteiger partial charge in [0.25, 0.3) is 0 Å². The van der Waals surface area contributed by atoms with Crippen LogP contribution in [0.4, 0.5) is 0 Å². The lowest BCUT2D eigenvalue weighted by Crippen LogP contribution is -2.24. The zero-order valence-corrected chi connectivity index (χ0v) is 31.5. The number of hydrogen-bond donors (Lipinski definition) is 1. The first kappa shape index (κ1) is 40.3. The molecule has 1 N–H and O–H groups in total. The number of aliphatic hydroxyl groups is 1. The molecule has 5 nitrogen and oxygen atoms in total. The lowest BCUT2D eigenvalue weighted by Gasteiger charge is -2.30. The summed E-state index contributed by atoms with van der Waals surface area (Å²) >= 11 is 0. The minimum atomic E-state index is -0.629. The van der Waals surface area contributed by atoms with Gasteiger partial charge in [-0.05, 0) is 116 Å². The molecule has 5 heteroatoms. The molecule has 1 fully saturated rings. The van der Waals surface area contributed by atoms with Gasteiger partial charge in [-0.25, -0.2) is 9.59 Å². The van der Waals surface area contributed by atoms with E-state index >= 15 is 0 Å². The van der Waals surface area contributed by atoms with Gasteiger partial charge in [-0.15, -0.1) is 0 Å². The molecular weight excluding hydrogens is 608 g/mol. The number of aliphatic hydroxyl groups excluding tert-OH is 1. The van der Waals surface area contributed by atoms with Crippen molar-refractivity contribution in [3.05, 3.63) is 83.0 Å². The van der Waals surface area contributed by atoms with Crippen LogP contribution in [0.5, 0.6) is 0 Å². The zero-order valence-electron chi connectivity index (χ0n) is 31.5. The lowest BCUT2D eigenvalue weighted by molar-refractivity contribution is -0.144. The van der Waals surface area contributed by atoms with Crippen LogP contribution in [-0.2, 0) is 25.5 Å². The fourth-order valence-electron chi connectivity index (χ4n) is 7.58. The molecule has 1 saturated carbocycles. The van der Waals surface area contributed by atoms with Crippen LogP contribution in [0.2, 0.25) is 0 Å². The molecule has 3 unspecified atom stereocenters. The van der Waals surface area contributed by atoms with E-state index in [2.05, 4.69) is 84.2 Å². The highest BCUT2D eigenvalue weighted by atomic mass is 16.5. The Kier molecular flexibility index (Phi) is 16.8. The average Bonchev–Trinajstić information content (AvgIpc) is 3.11. The number of carbonyl (C=O) groups is 2. The topological polar surface area (TPSA) is 72.8 Å². The second-order valence-corrected chi connectivity index (χ2v) is 15.0. The number of rotatable bonds is 20. The van der Waals surface area contributed by atoms with Crippen molar-refractivity contribution in [2.45, 2.75) is 130 Å². The van der Waals surface area contributed by atoms with Gasteiger partial charge in [-0.2, -0.15) is 0 Å². The zero-order chi connectivity index (χ0) is 35.9. The number of ether oxygens (including phenoxy) is 2. The molecule has 3 atom stereocenters. The molecule has 3 rings (SSSR count). The van der Waals surface area contributed by atoms with Gasteiger partial charge in [0.1, 0.15) is 0 Å². The van der Waals surface area contributed by atoms with Crippen molar-refractivity contribution < 1.29 is 24.2 Å². The molecule has 0 heterocycles. The maximum atomic E-state index is 12.1. The van der Waals surface area contributed by atoms with Gasteiger partial charge >= 0.3 is 11.9 Å². The second kappa shape index (κ2) is 20.5. The normalized spacial score (nSPS) is 17.9. The predicted octanol–water partition coefficient (Wildman–Crippen LogP) is 10.8. The summed E-state index contributed by atoms with van der Waals surface area (Å²) in [7, 11) is 0. The summed E-state index contributed by atoms with van der Waals surface area (Å²) in [5, 5.41) is 9.19. The summed E-state index contributed by atoms with van der Waals surface area (Å²) < 4.78 is 10.8. The standard InChI is InChI=1S/C44H64O5/c1-9-11-12-13-35-16-18-38(19-17-35)42-23-21-40(26-37(42)10-2)39-20-22-41(33(7)25-39)32(6)15-14-31(5)24-36(28-48-43(46)30(3)4)29-49-44(47)34(8)27-45/h20-23,25-26,31-32,35-36,38,45H,3,8-19,24,27-29H2,1-2,4-7H3. The number of carbonyl (C=O) groups excluding carboxylic acids is 2. The Hall–Kier alpha value is -3.18. The smallest absolute Gasteiger partial charge is 0.335 e. The quantitative estimate of drug-likeness (QED) is 0.0861. The van der Waals surface area contributed by atoms with E-state index in [0.717, 1.165) is 31.6 Å². The van der Waals surface area contributed by atoms with Gasteiger partial charge in [-0.3, -0.25) is 0 Å². The Balaban J connectivity index is 1.59. The van der Waals surface area contributed by atoms with E-state index in [1.54, 1.807) is 12.5 Å². The number of benzene rings is 2. The van der Waals surface area contributed by atoms with Gasteiger partial charge in [0.2, 0.25) is 0 Å². The fourth-order valence-corrected chi connectivity index (χ4v) is 7.58. The van der Waals surface area contributed by atoms with E-state index in [9.17, 15) is 14.7 Å². The molecule has 0 amide bonds. The molecule has 0 bridgehead atoms. The maximum absolute atomic E-state index is 12.1. The molecule has 1 aliphatic carbocycles. The molecule has 0 saturated heterocycles. The highest BCUT2D eigenvalue weighted by Gasteiger charge is 2.24. The van der Waals surface area contributed by atoms with E-state index in [0.29, 0.717) is 23.3 Å². The molecule has 49 heavy (non-hydrogen) atoms. The molecule has 0 spiro atoms. The Morgan fingerprint density at radius 1 is 0.898 bits per heavy atom. The Bertz CT molecular complexity index is 1380. The second-order valence-electron chi connectivity index (χ2n) is 15.0. The van der Waals surface area contributed by atoms with Crippen LogP contribution in [0.25, 0.3) is 11.1 Å². The summed E-state index contributed by atoms with van der Waals surface area (Å²) in [5.74, 6) is 1.14. The van der Waals surface area contributed by atoms with E-state index in [-0.39, 0.29) is 24.7 Å². The van der Waals surface area contributed by atoms with Crippen LogP contribution < -0.4 is 0 Å². The molecule has 2 aromatic rings. The fraction of sp³-hybridized carbons (Fsp3) is 0.591. The molecule has 0 aliphatic heterocycles. The van der Waals surface area contributed by atoms with Crippen molar-refractivity contribution in [1.82, 2.24) is 0 Å². The van der Waals surface area contributed by atoms with Crippen molar-refractivity contribution in [2.75, 3.05) is 19.8 Å². The number of hydrogen-bond acceptors (Lipinski definition) is 5. The summed E-state index contributed by atoms with van der Waals surface area (Å²) in [6, 6.07) is 14.2. The third-order valence-corrected chi connectivity index (χ3v) is 10.7. The number of unbranched alkanes of at least 4 members (excludes halogenated alkanes) is 2. The first-order chi connectivity index (χ1) is 23.5. The van der Waals surface area contributed by atoms with Gasteiger partial charge in [-0.1, -0.05) is 109 Å². The van der Waals surface area contributed by atoms with Crippen molar-refractivity contribution in [3.63, 3.8) is 0 Å². The SMILES string of the molecule is C=C(C)C(=O)OCC(COC(=O)C(=C)CO)CC(C)CCC(C)c1ccc(-c2ccc(C3CCC(CCCCC)CC3)c(CC)c2)cc1C. The minimum absolute atomic E-state index is 0.00860. The Morgan fingerprint density at radius 3 is 2.16 bits per heavy atom. The van der Waals surface area contributed by atoms with Gasteiger partial charge in [0.05, 0.1) is 25.4 Å². The van der Waals surface area contributed by atoms with Crippen LogP contribution >= 0.6 is 0 Å². The predicted molar refractivity (Wildman–Crippen MR) is 203 cm³/mol. The summed E-state index contributed by atoms with van der Waals surface area (Å²) in [6.45, 7) is 19.9. The molecule has 1 aliphatic rings. The van der Waals surface area contributed by atoms with E-state index in [4.69, 9.17) is 9.47 Å². The largest absolute Gasteiger partial charge is 0.462 e. The Labute approximate surface area is 297 Å². The third kappa shape index (κ3) is 12.6. The van der Waals surface area contributed by atoms with Crippen molar-refractivity contribution in [1.29, 1.82) is 0 Å². The van der Waals surface area contributed by atoms with E-state index in [1.807, 2.05) is 0 Å². The molecular formula is C44H64O5. The van der Waals surface area contributed by atoms with Gasteiger partial charge < -0.3 is 14.6 Å². The monoisotopic (exact) mass is 672 g/mol. The minimum Gasteiger partial charge on any atom is -0.462 e. The first-order valence-electron chi connectivity index (χ1n) is 19.0. The Morgan fingerprint density at radius 2 is 1.55 bits per heavy atom. The molecule has 0 radical (unpaired) electrons. The van der Waals surface area contributed by atoms with Crippen LogP contribution in [-0.4, -0.2) is 36.9 Å². The summed E-state index contributed by atoms with van der Waals surface area (Å²) in [6.07, 6.45) is 14.8. The number of aryl methyl sites for hydroxylation is 2. The van der Waals surface area contributed by atoms with Crippen LogP contribution in [0.3, 0.4) is 0 Å². The van der Waals surface area contributed by atoms with Gasteiger partial charge in [0, 0.05) is 11.5 Å². The highest BCUT2D eigenvalue weighted by Crippen LogP contribution is 2.40. The lowest BCUT2D eigenvalue weighted by atomic mass is 9.75. The van der Waals surface area contributed by atoms with Crippen molar-refractivity contribution in [3.8, 4) is 11.1 Å². The van der Waals surface area contributed by atoms with Crippen LogP contribution in [0, 0.1) is 24.7 Å². The van der Waals surface area contributed by atoms with Crippen LogP contribution in [0.15, 0.2) is 60.7 Å². The van der Waals surface area contributed by atoms with E-state index < -0.39 is 18.5 Å². The summed E-state index contributed by atoms with van der Waals surface area (Å²) in [4.78, 5) is 24.1. The number of esters is 2. The summed E-state index contributed by atoms with van der Waals surface area (Å²) in [5.41, 5.74) is 8.73. The average molecular weight is 673 g/mol. The first-order valence-corrected chi connectivity index (χ1v) is 19.0. The van der Waals surface area contributed by atoms with E-state index in [1.165, 1.54) is 79.2 Å². The highest BCUT2D eigenvalue weighted by molar-refractivity contribution is 5.88. The van der Waals surface area contributed by atoms with Crippen LogP contribution in [0.1, 0.15) is 139 Å². The third-order valence-electron chi connectivity index (χ3n) is 10.7.